The van der Waals surface area contributed by atoms with Crippen LogP contribution in [0.2, 0.25) is 0 Å². The van der Waals surface area contributed by atoms with Crippen molar-refractivity contribution in [2.75, 3.05) is 6.54 Å². The maximum Gasteiger partial charge on any atom is 0.00667 e. The minimum atomic E-state index is 0.698. The lowest BCUT2D eigenvalue weighted by Gasteiger charge is -2.23. The van der Waals surface area contributed by atoms with E-state index in [-0.39, 0.29) is 0 Å². The second kappa shape index (κ2) is 15.4. The van der Waals surface area contributed by atoms with Gasteiger partial charge in [0.05, 0.1) is 0 Å². The molecule has 0 aromatic carbocycles. The fraction of sp³-hybridized carbons (Fsp3) is 1.00. The van der Waals surface area contributed by atoms with Gasteiger partial charge in [0, 0.05) is 6.04 Å². The zero-order chi connectivity index (χ0) is 15.1. The van der Waals surface area contributed by atoms with Crippen LogP contribution in [-0.4, -0.2) is 12.6 Å². The minimum Gasteiger partial charge on any atom is -0.314 e. The maximum atomic E-state index is 3.58. The molecule has 0 fully saturated rings. The smallest absolute Gasteiger partial charge is 0.00667 e. The molecule has 1 nitrogen and oxygen atoms in total. The van der Waals surface area contributed by atoms with E-state index in [2.05, 4.69) is 33.0 Å². The first kappa shape index (κ1) is 20.0. The van der Waals surface area contributed by atoms with Crippen molar-refractivity contribution in [3.8, 4) is 0 Å². The lowest BCUT2D eigenvalue weighted by molar-refractivity contribution is 0.336. The molecular formula is C19H41N. The first-order valence-corrected chi connectivity index (χ1v) is 9.49. The second-order valence-electron chi connectivity index (χ2n) is 6.49. The molecule has 2 atom stereocenters. The van der Waals surface area contributed by atoms with Crippen molar-refractivity contribution in [3.63, 3.8) is 0 Å². The Morgan fingerprint density at radius 3 is 1.65 bits per heavy atom. The molecule has 122 valence electrons. The van der Waals surface area contributed by atoms with E-state index in [1.165, 1.54) is 77.0 Å². The molecule has 0 spiro atoms. The van der Waals surface area contributed by atoms with Gasteiger partial charge in [-0.05, 0) is 25.8 Å². The average molecular weight is 284 g/mol. The highest BCUT2D eigenvalue weighted by atomic mass is 14.9. The summed E-state index contributed by atoms with van der Waals surface area (Å²) in [5.74, 6) is 0.879. The third kappa shape index (κ3) is 11.8. The largest absolute Gasteiger partial charge is 0.314 e. The van der Waals surface area contributed by atoms with Crippen LogP contribution >= 0.6 is 0 Å². The molecule has 0 radical (unpaired) electrons. The van der Waals surface area contributed by atoms with Crippen molar-refractivity contribution in [1.82, 2.24) is 5.32 Å². The second-order valence-corrected chi connectivity index (χ2v) is 6.49. The van der Waals surface area contributed by atoms with Gasteiger partial charge in [-0.2, -0.15) is 0 Å². The fourth-order valence-electron chi connectivity index (χ4n) is 3.19. The predicted molar refractivity (Wildman–Crippen MR) is 93.4 cm³/mol. The monoisotopic (exact) mass is 283 g/mol. The van der Waals surface area contributed by atoms with E-state index in [0.29, 0.717) is 6.04 Å². The molecule has 0 rings (SSSR count). The van der Waals surface area contributed by atoms with Gasteiger partial charge in [0.1, 0.15) is 0 Å². The molecule has 0 aliphatic heterocycles. The zero-order valence-electron chi connectivity index (χ0n) is 14.8. The lowest BCUT2D eigenvalue weighted by atomic mass is 9.91. The standard InChI is InChI=1S/C19H41N/c1-5-8-9-10-11-12-13-14-15-16-17-19(6-2)18(4)20-7-3/h18-20H,5-17H2,1-4H3. The van der Waals surface area contributed by atoms with Gasteiger partial charge in [-0.3, -0.25) is 0 Å². The van der Waals surface area contributed by atoms with Crippen LogP contribution in [-0.2, 0) is 0 Å². The van der Waals surface area contributed by atoms with E-state index in [4.69, 9.17) is 0 Å². The van der Waals surface area contributed by atoms with Crippen LogP contribution in [0.1, 0.15) is 105 Å². The number of hydrogen-bond acceptors (Lipinski definition) is 1. The molecule has 0 saturated heterocycles. The fourth-order valence-corrected chi connectivity index (χ4v) is 3.19. The van der Waals surface area contributed by atoms with Gasteiger partial charge in [0.2, 0.25) is 0 Å². The molecular weight excluding hydrogens is 242 g/mol. The summed E-state index contributed by atoms with van der Waals surface area (Å²) >= 11 is 0. The van der Waals surface area contributed by atoms with E-state index in [0.717, 1.165) is 12.5 Å². The van der Waals surface area contributed by atoms with Crippen LogP contribution in [0.15, 0.2) is 0 Å². The third-order valence-corrected chi connectivity index (χ3v) is 4.69. The van der Waals surface area contributed by atoms with Crippen LogP contribution in [0.4, 0.5) is 0 Å². The quantitative estimate of drug-likeness (QED) is 0.347. The van der Waals surface area contributed by atoms with Crippen molar-refractivity contribution in [2.45, 2.75) is 111 Å². The summed E-state index contributed by atoms with van der Waals surface area (Å²) < 4.78 is 0. The molecule has 0 bridgehead atoms. The van der Waals surface area contributed by atoms with Crippen molar-refractivity contribution >= 4 is 0 Å². The molecule has 0 aromatic heterocycles. The summed E-state index contributed by atoms with van der Waals surface area (Å²) in [6, 6.07) is 0.698. The van der Waals surface area contributed by atoms with Gasteiger partial charge in [0.15, 0.2) is 0 Å². The molecule has 0 heterocycles. The van der Waals surface area contributed by atoms with Crippen LogP contribution < -0.4 is 5.32 Å². The number of rotatable bonds is 15. The van der Waals surface area contributed by atoms with Gasteiger partial charge in [-0.15, -0.1) is 0 Å². The topological polar surface area (TPSA) is 12.0 Å². The van der Waals surface area contributed by atoms with Gasteiger partial charge in [0.25, 0.3) is 0 Å². The van der Waals surface area contributed by atoms with Gasteiger partial charge < -0.3 is 5.32 Å². The summed E-state index contributed by atoms with van der Waals surface area (Å²) in [7, 11) is 0. The van der Waals surface area contributed by atoms with Crippen molar-refractivity contribution in [3.05, 3.63) is 0 Å². The van der Waals surface area contributed by atoms with Crippen molar-refractivity contribution in [2.24, 2.45) is 5.92 Å². The lowest BCUT2D eigenvalue weighted by Crippen LogP contribution is -2.33. The van der Waals surface area contributed by atoms with E-state index < -0.39 is 0 Å². The Balaban J connectivity index is 3.33. The first-order chi connectivity index (χ1) is 9.76. The molecule has 0 aliphatic carbocycles. The first-order valence-electron chi connectivity index (χ1n) is 9.49. The van der Waals surface area contributed by atoms with Crippen LogP contribution in [0.25, 0.3) is 0 Å². The van der Waals surface area contributed by atoms with Gasteiger partial charge in [-0.25, -0.2) is 0 Å². The van der Waals surface area contributed by atoms with E-state index in [9.17, 15) is 0 Å². The van der Waals surface area contributed by atoms with Crippen molar-refractivity contribution < 1.29 is 0 Å². The molecule has 1 N–H and O–H groups in total. The zero-order valence-corrected chi connectivity index (χ0v) is 14.8. The Bertz CT molecular complexity index is 179. The molecule has 0 aliphatic rings. The van der Waals surface area contributed by atoms with E-state index in [1.807, 2.05) is 0 Å². The number of hydrogen-bond donors (Lipinski definition) is 1. The summed E-state index contributed by atoms with van der Waals surface area (Å²) in [5.41, 5.74) is 0. The molecule has 0 aromatic rings. The molecule has 1 heteroatoms. The Labute approximate surface area is 129 Å². The normalized spacial score (nSPS) is 14.4. The van der Waals surface area contributed by atoms with Gasteiger partial charge >= 0.3 is 0 Å². The van der Waals surface area contributed by atoms with Gasteiger partial charge in [-0.1, -0.05) is 91.4 Å². The average Bonchev–Trinajstić information content (AvgIpc) is 2.45. The highest BCUT2D eigenvalue weighted by Gasteiger charge is 2.13. The molecule has 0 saturated carbocycles. The summed E-state index contributed by atoms with van der Waals surface area (Å²) in [6.07, 6.45) is 17.2. The van der Waals surface area contributed by atoms with Crippen LogP contribution in [0, 0.1) is 5.92 Å². The Hall–Kier alpha value is -0.0400. The Morgan fingerprint density at radius 2 is 1.20 bits per heavy atom. The van der Waals surface area contributed by atoms with Crippen LogP contribution in [0.3, 0.4) is 0 Å². The van der Waals surface area contributed by atoms with E-state index >= 15 is 0 Å². The third-order valence-electron chi connectivity index (χ3n) is 4.69. The summed E-state index contributed by atoms with van der Waals surface area (Å²) in [6.45, 7) is 10.3. The molecule has 2 unspecified atom stereocenters. The van der Waals surface area contributed by atoms with Crippen LogP contribution in [0.5, 0.6) is 0 Å². The highest BCUT2D eigenvalue weighted by molar-refractivity contribution is 4.70. The Kier molecular flexibility index (Phi) is 15.3. The predicted octanol–water partition coefficient (Wildman–Crippen LogP) is 6.32. The SMILES string of the molecule is CCCCCCCCCCCCC(CC)C(C)NCC. The minimum absolute atomic E-state index is 0.698. The molecule has 0 amide bonds. The molecule has 20 heavy (non-hydrogen) atoms. The Morgan fingerprint density at radius 1 is 0.700 bits per heavy atom. The summed E-state index contributed by atoms with van der Waals surface area (Å²) in [5, 5.41) is 3.58. The maximum absolute atomic E-state index is 3.58. The van der Waals surface area contributed by atoms with E-state index in [1.54, 1.807) is 0 Å². The summed E-state index contributed by atoms with van der Waals surface area (Å²) in [4.78, 5) is 0. The van der Waals surface area contributed by atoms with Crippen molar-refractivity contribution in [1.29, 1.82) is 0 Å². The number of unbranched alkanes of at least 4 members (excludes halogenated alkanes) is 9. The highest BCUT2D eigenvalue weighted by Crippen LogP contribution is 2.18. The number of nitrogens with one attached hydrogen (secondary N) is 1.